The summed E-state index contributed by atoms with van der Waals surface area (Å²) in [6.45, 7) is 6.33. The summed E-state index contributed by atoms with van der Waals surface area (Å²) in [5.41, 5.74) is 0.418. The van der Waals surface area contributed by atoms with Gasteiger partial charge in [0.15, 0.2) is 0 Å². The van der Waals surface area contributed by atoms with Gasteiger partial charge < -0.3 is 5.32 Å². The Morgan fingerprint density at radius 2 is 1.94 bits per heavy atom. The minimum absolute atomic E-state index is 0.418. The highest BCUT2D eigenvalue weighted by molar-refractivity contribution is 4.96. The Balaban J connectivity index is 1.61. The standard InChI is InChI=1S/C15H28N2/c1-15(9-5-10-16-15)12-17-11-4-8-14(17)13-6-2-3-7-13/h13-14,16H,2-12H2,1H3. The van der Waals surface area contributed by atoms with E-state index >= 15 is 0 Å². The minimum Gasteiger partial charge on any atom is -0.310 e. The third kappa shape index (κ3) is 2.53. The first-order chi connectivity index (χ1) is 8.27. The summed E-state index contributed by atoms with van der Waals surface area (Å²) < 4.78 is 0. The fourth-order valence-electron chi connectivity index (χ4n) is 4.46. The zero-order valence-corrected chi connectivity index (χ0v) is 11.4. The van der Waals surface area contributed by atoms with Gasteiger partial charge in [0.25, 0.3) is 0 Å². The summed E-state index contributed by atoms with van der Waals surface area (Å²) in [5.74, 6) is 1.03. The molecule has 2 heterocycles. The zero-order valence-electron chi connectivity index (χ0n) is 11.4. The summed E-state index contributed by atoms with van der Waals surface area (Å²) in [5, 5.41) is 3.73. The normalized spacial score (nSPS) is 40.4. The van der Waals surface area contributed by atoms with Crippen LogP contribution < -0.4 is 5.32 Å². The predicted molar refractivity (Wildman–Crippen MR) is 72.2 cm³/mol. The molecule has 3 fully saturated rings. The Hall–Kier alpha value is -0.0800. The number of nitrogens with zero attached hydrogens (tertiary/aromatic N) is 1. The van der Waals surface area contributed by atoms with Crippen molar-refractivity contribution >= 4 is 0 Å². The van der Waals surface area contributed by atoms with Gasteiger partial charge in [0.1, 0.15) is 0 Å². The summed E-state index contributed by atoms with van der Waals surface area (Å²) in [7, 11) is 0. The first-order valence-electron chi connectivity index (χ1n) is 7.76. The molecule has 1 aliphatic carbocycles. The summed E-state index contributed by atoms with van der Waals surface area (Å²) >= 11 is 0. The van der Waals surface area contributed by atoms with E-state index in [1.165, 1.54) is 71.0 Å². The Morgan fingerprint density at radius 1 is 1.12 bits per heavy atom. The molecular formula is C15H28N2. The molecule has 2 unspecified atom stereocenters. The lowest BCUT2D eigenvalue weighted by Gasteiger charge is -2.36. The molecule has 98 valence electrons. The maximum absolute atomic E-state index is 3.73. The molecule has 0 radical (unpaired) electrons. The van der Waals surface area contributed by atoms with E-state index in [1.54, 1.807) is 0 Å². The van der Waals surface area contributed by atoms with Crippen LogP contribution >= 0.6 is 0 Å². The molecule has 0 aromatic rings. The SMILES string of the molecule is CC1(CN2CCCC2C2CCCC2)CCCN1. The zero-order chi connectivity index (χ0) is 11.7. The molecule has 2 nitrogen and oxygen atoms in total. The lowest BCUT2D eigenvalue weighted by atomic mass is 9.93. The van der Waals surface area contributed by atoms with Crippen molar-refractivity contribution in [3.8, 4) is 0 Å². The maximum Gasteiger partial charge on any atom is 0.0281 e. The van der Waals surface area contributed by atoms with Crippen LogP contribution in [0.5, 0.6) is 0 Å². The van der Waals surface area contributed by atoms with E-state index in [9.17, 15) is 0 Å². The largest absolute Gasteiger partial charge is 0.310 e. The molecule has 0 bridgehead atoms. The van der Waals surface area contributed by atoms with Crippen molar-refractivity contribution in [2.45, 2.75) is 69.9 Å². The van der Waals surface area contributed by atoms with Crippen molar-refractivity contribution in [3.63, 3.8) is 0 Å². The maximum atomic E-state index is 3.73. The van der Waals surface area contributed by atoms with Crippen LogP contribution in [0.2, 0.25) is 0 Å². The van der Waals surface area contributed by atoms with Gasteiger partial charge in [0, 0.05) is 18.1 Å². The fraction of sp³-hybridized carbons (Fsp3) is 1.00. The van der Waals surface area contributed by atoms with E-state index in [0.29, 0.717) is 5.54 Å². The second kappa shape index (κ2) is 4.89. The van der Waals surface area contributed by atoms with Crippen molar-refractivity contribution < 1.29 is 0 Å². The van der Waals surface area contributed by atoms with Crippen LogP contribution in [-0.4, -0.2) is 36.1 Å². The summed E-state index contributed by atoms with van der Waals surface area (Å²) in [6, 6.07) is 0.928. The van der Waals surface area contributed by atoms with E-state index in [0.717, 1.165) is 12.0 Å². The monoisotopic (exact) mass is 236 g/mol. The molecule has 2 saturated heterocycles. The van der Waals surface area contributed by atoms with Crippen LogP contribution in [0.25, 0.3) is 0 Å². The quantitative estimate of drug-likeness (QED) is 0.810. The number of likely N-dealkylation sites (tertiary alicyclic amines) is 1. The average molecular weight is 236 g/mol. The van der Waals surface area contributed by atoms with Crippen LogP contribution in [0.4, 0.5) is 0 Å². The Labute approximate surface area is 106 Å². The average Bonchev–Trinajstić information content (AvgIpc) is 2.98. The third-order valence-corrected chi connectivity index (χ3v) is 5.37. The van der Waals surface area contributed by atoms with E-state index in [-0.39, 0.29) is 0 Å². The lowest BCUT2D eigenvalue weighted by molar-refractivity contribution is 0.148. The molecule has 17 heavy (non-hydrogen) atoms. The molecular weight excluding hydrogens is 208 g/mol. The summed E-state index contributed by atoms with van der Waals surface area (Å²) in [4.78, 5) is 2.83. The van der Waals surface area contributed by atoms with Crippen LogP contribution in [0, 0.1) is 5.92 Å². The minimum atomic E-state index is 0.418. The van der Waals surface area contributed by atoms with E-state index < -0.39 is 0 Å². The molecule has 2 heteroatoms. The van der Waals surface area contributed by atoms with E-state index in [4.69, 9.17) is 0 Å². The van der Waals surface area contributed by atoms with Gasteiger partial charge in [0.2, 0.25) is 0 Å². The highest BCUT2D eigenvalue weighted by Crippen LogP contribution is 2.36. The first-order valence-corrected chi connectivity index (χ1v) is 7.76. The second-order valence-electron chi connectivity index (χ2n) is 6.82. The van der Waals surface area contributed by atoms with Crippen molar-refractivity contribution in [2.24, 2.45) is 5.92 Å². The smallest absolute Gasteiger partial charge is 0.0281 e. The van der Waals surface area contributed by atoms with Crippen LogP contribution in [-0.2, 0) is 0 Å². The molecule has 0 aromatic heterocycles. The molecule has 3 rings (SSSR count). The Bertz CT molecular complexity index is 252. The first kappa shape index (κ1) is 12.0. The molecule has 0 spiro atoms. The number of rotatable bonds is 3. The van der Waals surface area contributed by atoms with Gasteiger partial charge in [-0.15, -0.1) is 0 Å². The van der Waals surface area contributed by atoms with Gasteiger partial charge in [-0.25, -0.2) is 0 Å². The molecule has 0 amide bonds. The number of nitrogens with one attached hydrogen (secondary N) is 1. The van der Waals surface area contributed by atoms with Gasteiger partial charge in [-0.05, 0) is 64.5 Å². The fourth-order valence-corrected chi connectivity index (χ4v) is 4.46. The van der Waals surface area contributed by atoms with E-state index in [2.05, 4.69) is 17.1 Å². The molecule has 3 aliphatic rings. The van der Waals surface area contributed by atoms with Crippen molar-refractivity contribution in [2.75, 3.05) is 19.6 Å². The molecule has 2 aliphatic heterocycles. The van der Waals surface area contributed by atoms with E-state index in [1.807, 2.05) is 0 Å². The molecule has 0 aromatic carbocycles. The van der Waals surface area contributed by atoms with Gasteiger partial charge in [-0.2, -0.15) is 0 Å². The number of hydrogen-bond donors (Lipinski definition) is 1. The van der Waals surface area contributed by atoms with Crippen LogP contribution in [0.1, 0.15) is 58.3 Å². The van der Waals surface area contributed by atoms with Gasteiger partial charge in [0.05, 0.1) is 0 Å². The Morgan fingerprint density at radius 3 is 2.65 bits per heavy atom. The predicted octanol–water partition coefficient (Wildman–Crippen LogP) is 2.78. The van der Waals surface area contributed by atoms with Crippen molar-refractivity contribution in [3.05, 3.63) is 0 Å². The van der Waals surface area contributed by atoms with Crippen molar-refractivity contribution in [1.82, 2.24) is 10.2 Å². The molecule has 1 saturated carbocycles. The van der Waals surface area contributed by atoms with Crippen LogP contribution in [0.15, 0.2) is 0 Å². The lowest BCUT2D eigenvalue weighted by Crippen LogP contribution is -2.50. The highest BCUT2D eigenvalue weighted by Gasteiger charge is 2.38. The second-order valence-corrected chi connectivity index (χ2v) is 6.82. The van der Waals surface area contributed by atoms with Crippen LogP contribution in [0.3, 0.4) is 0 Å². The Kier molecular flexibility index (Phi) is 3.45. The number of hydrogen-bond acceptors (Lipinski definition) is 2. The molecule has 2 atom stereocenters. The summed E-state index contributed by atoms with van der Waals surface area (Å²) in [6.07, 6.45) is 11.7. The van der Waals surface area contributed by atoms with Gasteiger partial charge in [-0.1, -0.05) is 12.8 Å². The highest BCUT2D eigenvalue weighted by atomic mass is 15.2. The van der Waals surface area contributed by atoms with Gasteiger partial charge >= 0.3 is 0 Å². The topological polar surface area (TPSA) is 15.3 Å². The van der Waals surface area contributed by atoms with Gasteiger partial charge in [-0.3, -0.25) is 4.90 Å². The molecule has 1 N–H and O–H groups in total. The third-order valence-electron chi connectivity index (χ3n) is 5.37. The van der Waals surface area contributed by atoms with Crippen molar-refractivity contribution in [1.29, 1.82) is 0 Å².